The monoisotopic (exact) mass is 270 g/mol. The molecule has 0 aromatic heterocycles. The van der Waals surface area contributed by atoms with Crippen LogP contribution in [0, 0.1) is 6.92 Å². The molecular formula is C12H19BrN2. The first-order chi connectivity index (χ1) is 7.08. The van der Waals surface area contributed by atoms with Crippen LogP contribution in [0.2, 0.25) is 0 Å². The van der Waals surface area contributed by atoms with Gasteiger partial charge in [0.25, 0.3) is 0 Å². The molecule has 0 radical (unpaired) electrons. The molecule has 0 aliphatic carbocycles. The van der Waals surface area contributed by atoms with Crippen molar-refractivity contribution >= 4 is 21.6 Å². The summed E-state index contributed by atoms with van der Waals surface area (Å²) in [6.45, 7) is 4.25. The second kappa shape index (κ2) is 6.13. The van der Waals surface area contributed by atoms with E-state index in [0.717, 1.165) is 17.6 Å². The minimum atomic E-state index is 1.02. The highest BCUT2D eigenvalue weighted by atomic mass is 79.9. The molecule has 1 N–H and O–H groups in total. The van der Waals surface area contributed by atoms with Gasteiger partial charge in [0.2, 0.25) is 0 Å². The summed E-state index contributed by atoms with van der Waals surface area (Å²) in [5.41, 5.74) is 2.47. The Kier molecular flexibility index (Phi) is 5.12. The van der Waals surface area contributed by atoms with Crippen LogP contribution in [-0.4, -0.2) is 32.1 Å². The summed E-state index contributed by atoms with van der Waals surface area (Å²) in [5.74, 6) is 0. The topological polar surface area (TPSA) is 15.3 Å². The fraction of sp³-hybridized carbons (Fsp3) is 0.500. The lowest BCUT2D eigenvalue weighted by Crippen LogP contribution is -2.16. The zero-order valence-electron chi connectivity index (χ0n) is 9.68. The second-order valence-corrected chi connectivity index (χ2v) is 5.02. The van der Waals surface area contributed by atoms with Gasteiger partial charge < -0.3 is 10.2 Å². The first-order valence-corrected chi connectivity index (χ1v) is 6.03. The molecule has 0 heterocycles. The average Bonchev–Trinajstić information content (AvgIpc) is 2.10. The van der Waals surface area contributed by atoms with Crippen LogP contribution in [0.3, 0.4) is 0 Å². The Hall–Kier alpha value is -0.540. The van der Waals surface area contributed by atoms with E-state index in [0.29, 0.717) is 0 Å². The summed E-state index contributed by atoms with van der Waals surface area (Å²) in [5, 5.41) is 3.42. The van der Waals surface area contributed by atoms with Crippen molar-refractivity contribution in [3.8, 4) is 0 Å². The lowest BCUT2D eigenvalue weighted by Gasteiger charge is -2.11. The predicted octanol–water partition coefficient (Wildman–Crippen LogP) is 3.12. The van der Waals surface area contributed by atoms with E-state index in [1.165, 1.54) is 17.7 Å². The molecule has 3 heteroatoms. The summed E-state index contributed by atoms with van der Waals surface area (Å²) in [4.78, 5) is 2.20. The van der Waals surface area contributed by atoms with Gasteiger partial charge in [-0.3, -0.25) is 0 Å². The highest BCUT2D eigenvalue weighted by Crippen LogP contribution is 2.18. The minimum absolute atomic E-state index is 1.02. The third-order valence-corrected chi connectivity index (χ3v) is 2.61. The van der Waals surface area contributed by atoms with E-state index in [1.54, 1.807) is 0 Å². The van der Waals surface area contributed by atoms with Gasteiger partial charge in [0.1, 0.15) is 0 Å². The third-order valence-electron chi connectivity index (χ3n) is 2.15. The Balaban J connectivity index is 2.37. The zero-order valence-corrected chi connectivity index (χ0v) is 11.3. The van der Waals surface area contributed by atoms with E-state index >= 15 is 0 Å². The van der Waals surface area contributed by atoms with Crippen LogP contribution >= 0.6 is 15.9 Å². The van der Waals surface area contributed by atoms with Crippen molar-refractivity contribution in [1.29, 1.82) is 0 Å². The molecule has 0 saturated carbocycles. The van der Waals surface area contributed by atoms with Crippen molar-refractivity contribution in [3.63, 3.8) is 0 Å². The van der Waals surface area contributed by atoms with Gasteiger partial charge in [0.05, 0.1) is 0 Å². The number of hydrogen-bond acceptors (Lipinski definition) is 2. The fourth-order valence-corrected chi connectivity index (χ4v) is 2.07. The number of nitrogens with one attached hydrogen (secondary N) is 1. The van der Waals surface area contributed by atoms with Crippen molar-refractivity contribution in [2.45, 2.75) is 13.3 Å². The smallest absolute Gasteiger partial charge is 0.0354 e. The normalized spacial score (nSPS) is 10.7. The number of aryl methyl sites for hydroxylation is 1. The number of benzene rings is 1. The lowest BCUT2D eigenvalue weighted by molar-refractivity contribution is 0.405. The van der Waals surface area contributed by atoms with Gasteiger partial charge in [-0.15, -0.1) is 0 Å². The summed E-state index contributed by atoms with van der Waals surface area (Å²) < 4.78 is 1.14. The quantitative estimate of drug-likeness (QED) is 0.828. The van der Waals surface area contributed by atoms with Crippen molar-refractivity contribution in [2.75, 3.05) is 32.5 Å². The van der Waals surface area contributed by atoms with Crippen LogP contribution in [0.25, 0.3) is 0 Å². The molecule has 1 aromatic carbocycles. The highest BCUT2D eigenvalue weighted by Gasteiger charge is 1.96. The number of hydrogen-bond donors (Lipinski definition) is 1. The van der Waals surface area contributed by atoms with Crippen molar-refractivity contribution in [3.05, 3.63) is 28.2 Å². The first-order valence-electron chi connectivity index (χ1n) is 5.24. The summed E-state index contributed by atoms with van der Waals surface area (Å²) >= 11 is 3.50. The van der Waals surface area contributed by atoms with Gasteiger partial charge in [-0.25, -0.2) is 0 Å². The minimum Gasteiger partial charge on any atom is -0.385 e. The molecule has 0 saturated heterocycles. The maximum absolute atomic E-state index is 3.50. The molecule has 0 bridgehead atoms. The van der Waals surface area contributed by atoms with Gasteiger partial charge in [-0.1, -0.05) is 15.9 Å². The van der Waals surface area contributed by atoms with Gasteiger partial charge in [-0.2, -0.15) is 0 Å². The van der Waals surface area contributed by atoms with E-state index in [2.05, 4.69) is 65.4 Å². The van der Waals surface area contributed by atoms with Gasteiger partial charge in [0.15, 0.2) is 0 Å². The molecule has 0 fully saturated rings. The van der Waals surface area contributed by atoms with E-state index in [1.807, 2.05) is 0 Å². The van der Waals surface area contributed by atoms with Crippen molar-refractivity contribution in [2.24, 2.45) is 0 Å². The molecule has 0 aliphatic heterocycles. The second-order valence-electron chi connectivity index (χ2n) is 4.10. The average molecular weight is 271 g/mol. The fourth-order valence-electron chi connectivity index (χ4n) is 1.47. The van der Waals surface area contributed by atoms with Crippen LogP contribution < -0.4 is 5.32 Å². The zero-order chi connectivity index (χ0) is 11.3. The van der Waals surface area contributed by atoms with E-state index < -0.39 is 0 Å². The maximum Gasteiger partial charge on any atom is 0.0354 e. The first kappa shape index (κ1) is 12.5. The number of halogens is 1. The largest absolute Gasteiger partial charge is 0.385 e. The maximum atomic E-state index is 3.50. The molecule has 0 unspecified atom stereocenters. The summed E-state index contributed by atoms with van der Waals surface area (Å²) in [6.07, 6.45) is 1.17. The van der Waals surface area contributed by atoms with E-state index in [-0.39, 0.29) is 0 Å². The molecular weight excluding hydrogens is 252 g/mol. The van der Waals surface area contributed by atoms with Gasteiger partial charge >= 0.3 is 0 Å². The van der Waals surface area contributed by atoms with Crippen LogP contribution in [0.4, 0.5) is 5.69 Å². The summed E-state index contributed by atoms with van der Waals surface area (Å²) in [6, 6.07) is 6.40. The van der Waals surface area contributed by atoms with Crippen molar-refractivity contribution in [1.82, 2.24) is 4.90 Å². The molecule has 1 rings (SSSR count). The van der Waals surface area contributed by atoms with Crippen LogP contribution in [0.1, 0.15) is 12.0 Å². The number of anilines is 1. The number of nitrogens with zero attached hydrogens (tertiary/aromatic N) is 1. The third kappa shape index (κ3) is 5.19. The Bertz CT molecular complexity index is 290. The lowest BCUT2D eigenvalue weighted by atomic mass is 10.2. The van der Waals surface area contributed by atoms with Crippen LogP contribution in [-0.2, 0) is 0 Å². The Labute approximate surface area is 101 Å². The molecule has 15 heavy (non-hydrogen) atoms. The molecule has 84 valence electrons. The Morgan fingerprint density at radius 3 is 2.60 bits per heavy atom. The van der Waals surface area contributed by atoms with Crippen LogP contribution in [0.15, 0.2) is 22.7 Å². The van der Waals surface area contributed by atoms with Crippen molar-refractivity contribution < 1.29 is 0 Å². The van der Waals surface area contributed by atoms with Gasteiger partial charge in [0, 0.05) is 16.7 Å². The van der Waals surface area contributed by atoms with E-state index in [9.17, 15) is 0 Å². The van der Waals surface area contributed by atoms with E-state index in [4.69, 9.17) is 0 Å². The number of rotatable bonds is 5. The Morgan fingerprint density at radius 2 is 2.00 bits per heavy atom. The molecule has 0 spiro atoms. The summed E-state index contributed by atoms with van der Waals surface area (Å²) in [7, 11) is 4.20. The molecule has 1 aromatic rings. The molecule has 0 aliphatic rings. The van der Waals surface area contributed by atoms with Gasteiger partial charge in [-0.05, 0) is 57.7 Å². The standard InChI is InChI=1S/C12H19BrN2/c1-10-7-11(13)9-12(8-10)14-5-4-6-15(2)3/h7-9,14H,4-6H2,1-3H3. The predicted molar refractivity (Wildman–Crippen MR) is 70.5 cm³/mol. The SMILES string of the molecule is Cc1cc(Br)cc(NCCCN(C)C)c1. The van der Waals surface area contributed by atoms with Crippen LogP contribution in [0.5, 0.6) is 0 Å². The molecule has 0 amide bonds. The Morgan fingerprint density at radius 1 is 1.27 bits per heavy atom. The highest BCUT2D eigenvalue weighted by molar-refractivity contribution is 9.10. The molecule has 2 nitrogen and oxygen atoms in total. The molecule has 0 atom stereocenters.